The smallest absolute Gasteiger partial charge is 0.164 e. The van der Waals surface area contributed by atoms with Gasteiger partial charge in [0.2, 0.25) is 0 Å². The van der Waals surface area contributed by atoms with Crippen LogP contribution in [0.5, 0.6) is 0 Å². The Kier molecular flexibility index (Phi) is 16.7. The van der Waals surface area contributed by atoms with Gasteiger partial charge in [0.15, 0.2) is 34.9 Å². The molecule has 0 saturated heterocycles. The van der Waals surface area contributed by atoms with Gasteiger partial charge in [0.05, 0.1) is 0 Å². The summed E-state index contributed by atoms with van der Waals surface area (Å²) in [7, 11) is 0. The first-order valence-corrected chi connectivity index (χ1v) is 35.1. The van der Waals surface area contributed by atoms with E-state index in [1.54, 1.807) is 0 Å². The fourth-order valence-electron chi connectivity index (χ4n) is 14.8. The quantitative estimate of drug-likeness (QED) is 0.108. The molecule has 0 radical (unpaired) electrons. The number of fused-ring (bicyclic) bond motifs is 3. The van der Waals surface area contributed by atoms with Crippen molar-refractivity contribution in [1.82, 2.24) is 29.9 Å². The van der Waals surface area contributed by atoms with Crippen molar-refractivity contribution in [3.05, 3.63) is 335 Å². The molecule has 100 heavy (non-hydrogen) atoms. The van der Waals surface area contributed by atoms with E-state index in [1.165, 1.54) is 109 Å². The van der Waals surface area contributed by atoms with Crippen LogP contribution in [0.1, 0.15) is 55.6 Å². The van der Waals surface area contributed by atoms with E-state index in [2.05, 4.69) is 328 Å². The second-order valence-corrected chi connectivity index (χ2v) is 27.9. The second kappa shape index (κ2) is 26.5. The largest absolute Gasteiger partial charge is 0.208 e. The van der Waals surface area contributed by atoms with Gasteiger partial charge in [-0.3, -0.25) is 0 Å². The summed E-state index contributed by atoms with van der Waals surface area (Å²) in [5, 5.41) is 2.58. The van der Waals surface area contributed by atoms with E-state index in [1.807, 2.05) is 17.4 Å². The van der Waals surface area contributed by atoms with Gasteiger partial charge in [0, 0.05) is 53.6 Å². The molecule has 0 aliphatic heterocycles. The van der Waals surface area contributed by atoms with Crippen LogP contribution in [0, 0.1) is 55.4 Å². The normalized spacial score (nSPS) is 11.4. The Balaban J connectivity index is 0.639. The summed E-state index contributed by atoms with van der Waals surface area (Å²) in [5.74, 6) is 3.75. The average molecular weight is 1310 g/mol. The lowest BCUT2D eigenvalue weighted by molar-refractivity contribution is 1.07. The monoisotopic (exact) mass is 1300 g/mol. The van der Waals surface area contributed by atoms with Gasteiger partial charge in [-0.15, -0.1) is 11.3 Å². The number of hydrogen-bond donors (Lipinski definition) is 0. The van der Waals surface area contributed by atoms with Crippen LogP contribution in [0.25, 0.3) is 155 Å². The Morgan fingerprint density at radius 3 is 0.850 bits per heavy atom. The van der Waals surface area contributed by atoms with E-state index in [0.717, 1.165) is 73.2 Å². The minimum atomic E-state index is 0.619. The summed E-state index contributed by atoms with van der Waals surface area (Å²) in [4.78, 5) is 31.0. The van der Waals surface area contributed by atoms with Crippen molar-refractivity contribution in [3.63, 3.8) is 0 Å². The maximum absolute atomic E-state index is 5.19. The van der Waals surface area contributed by atoms with Gasteiger partial charge in [0.1, 0.15) is 0 Å². The van der Waals surface area contributed by atoms with E-state index in [4.69, 9.17) is 29.9 Å². The summed E-state index contributed by atoms with van der Waals surface area (Å²) in [6.07, 6.45) is 0.816. The van der Waals surface area contributed by atoms with Gasteiger partial charge in [-0.05, 0) is 191 Å². The highest BCUT2D eigenvalue weighted by Crippen LogP contribution is 2.40. The van der Waals surface area contributed by atoms with Crippen LogP contribution in [-0.4, -0.2) is 29.9 Å². The average Bonchev–Trinajstić information content (AvgIpc) is 1.20. The number of benzene rings is 13. The molecule has 0 saturated carbocycles. The Labute approximate surface area is 589 Å². The fourth-order valence-corrected chi connectivity index (χ4v) is 15.9. The first-order chi connectivity index (χ1) is 48.7. The molecule has 13 aromatic carbocycles. The molecule has 0 fully saturated rings. The number of nitrogens with zero attached hydrogens (tertiary/aromatic N) is 6. The maximum atomic E-state index is 5.19. The Hall–Kier alpha value is -11.9. The molecular weight excluding hydrogens is 1230 g/mol. The predicted molar refractivity (Wildman–Crippen MR) is 418 cm³/mol. The Bertz CT molecular complexity index is 5570. The highest BCUT2D eigenvalue weighted by atomic mass is 32.1. The van der Waals surface area contributed by atoms with Crippen LogP contribution in [0.4, 0.5) is 0 Å². The van der Waals surface area contributed by atoms with Crippen molar-refractivity contribution < 1.29 is 0 Å². The van der Waals surface area contributed by atoms with Crippen LogP contribution in [-0.2, 0) is 6.42 Å². The number of rotatable bonds is 14. The lowest BCUT2D eigenvalue weighted by Gasteiger charge is -2.15. The lowest BCUT2D eigenvalue weighted by atomic mass is 9.91. The van der Waals surface area contributed by atoms with Gasteiger partial charge in [-0.2, -0.15) is 0 Å². The minimum absolute atomic E-state index is 0.619. The van der Waals surface area contributed by atoms with Crippen LogP contribution < -0.4 is 0 Å². The summed E-state index contributed by atoms with van der Waals surface area (Å²) >= 11 is 1.84. The molecule has 480 valence electrons. The molecule has 0 amide bonds. The third-order valence-electron chi connectivity index (χ3n) is 19.5. The first-order valence-electron chi connectivity index (χ1n) is 34.2. The van der Waals surface area contributed by atoms with Crippen molar-refractivity contribution in [3.8, 4) is 135 Å². The standard InChI is InChI=1S/C93H72N6S/c1-56-48-58(3)85(59(4)49-56)71-28-40-77(41-29-71)91-97-92(78-42-30-72(31-43-78)86-60(5)50-57(2)51-61(86)6)99-93(98-91)79-44-32-73(33-45-79)87-62(7)52-65(53-63(87)8)54-64-18-20-67(21-19-64)69-24-36-75(37-25-69)89-94-88(74-34-22-68(23-35-74)66-14-10-9-11-15-66)95-90(96-89)76-38-26-70(27-39-76)80-46-47-84-82(55-80)81-16-12-13-17-83(81)100-84/h9-53,55H,54H2,1-8H3. The zero-order valence-electron chi connectivity index (χ0n) is 57.4. The molecule has 0 spiro atoms. The molecule has 3 aromatic heterocycles. The first kappa shape index (κ1) is 62.9. The molecule has 3 heterocycles. The molecular formula is C93H72N6S. The third-order valence-corrected chi connectivity index (χ3v) is 20.6. The van der Waals surface area contributed by atoms with E-state index in [9.17, 15) is 0 Å². The maximum Gasteiger partial charge on any atom is 0.164 e. The highest BCUT2D eigenvalue weighted by Gasteiger charge is 2.19. The van der Waals surface area contributed by atoms with Gasteiger partial charge >= 0.3 is 0 Å². The molecule has 0 bridgehead atoms. The zero-order chi connectivity index (χ0) is 68.1. The number of hydrogen-bond acceptors (Lipinski definition) is 7. The van der Waals surface area contributed by atoms with Crippen molar-refractivity contribution in [1.29, 1.82) is 0 Å². The molecule has 16 aromatic rings. The Morgan fingerprint density at radius 1 is 0.210 bits per heavy atom. The second-order valence-electron chi connectivity index (χ2n) is 26.8. The van der Waals surface area contributed by atoms with E-state index >= 15 is 0 Å². The zero-order valence-corrected chi connectivity index (χ0v) is 58.2. The van der Waals surface area contributed by atoms with Gasteiger partial charge in [-0.25, -0.2) is 29.9 Å². The molecule has 0 aliphatic rings. The number of thiophene rings is 1. The highest BCUT2D eigenvalue weighted by molar-refractivity contribution is 7.25. The Morgan fingerprint density at radius 2 is 0.480 bits per heavy atom. The number of aromatic nitrogens is 6. The predicted octanol–water partition coefficient (Wildman–Crippen LogP) is 24.5. The molecule has 0 unspecified atom stereocenters. The van der Waals surface area contributed by atoms with Crippen molar-refractivity contribution in [2.24, 2.45) is 0 Å². The van der Waals surface area contributed by atoms with Crippen LogP contribution in [0.3, 0.4) is 0 Å². The van der Waals surface area contributed by atoms with Crippen molar-refractivity contribution in [2.45, 2.75) is 61.8 Å². The summed E-state index contributed by atoms with van der Waals surface area (Å²) in [6.45, 7) is 17.5. The van der Waals surface area contributed by atoms with Crippen LogP contribution in [0.15, 0.2) is 279 Å². The molecule has 0 atom stereocenters. The minimum Gasteiger partial charge on any atom is -0.208 e. The van der Waals surface area contributed by atoms with E-state index in [0.29, 0.717) is 34.9 Å². The molecule has 6 nitrogen and oxygen atoms in total. The summed E-state index contributed by atoms with van der Waals surface area (Å²) < 4.78 is 2.60. The SMILES string of the molecule is Cc1cc(C)c(-c2ccc(-c3nc(-c4ccc(-c5c(C)cc(C)cc5C)cc4)nc(-c4ccc(-c5c(C)cc(Cc6ccc(-c7ccc(-c8nc(-c9ccc(-c%10ccccc%10)cc9)nc(-c9ccc(-c%10ccc%11sc%12ccccc%12c%11c%10)cc9)n8)cc7)cc6)cc5C)cc4)n3)cc2)c(C)c1. The van der Waals surface area contributed by atoms with Crippen LogP contribution >= 0.6 is 11.3 Å². The van der Waals surface area contributed by atoms with Gasteiger partial charge in [0.25, 0.3) is 0 Å². The van der Waals surface area contributed by atoms with Gasteiger partial charge < -0.3 is 0 Å². The topological polar surface area (TPSA) is 77.3 Å². The summed E-state index contributed by atoms with van der Waals surface area (Å²) in [6, 6.07) is 100. The summed E-state index contributed by atoms with van der Waals surface area (Å²) in [5.41, 5.74) is 32.3. The van der Waals surface area contributed by atoms with Gasteiger partial charge in [-0.1, -0.05) is 272 Å². The molecule has 0 aliphatic carbocycles. The van der Waals surface area contributed by atoms with Crippen molar-refractivity contribution >= 4 is 31.5 Å². The fraction of sp³-hybridized carbons (Fsp3) is 0.0968. The van der Waals surface area contributed by atoms with Crippen LogP contribution in [0.2, 0.25) is 0 Å². The molecule has 7 heteroatoms. The molecule has 0 N–H and O–H groups in total. The lowest BCUT2D eigenvalue weighted by Crippen LogP contribution is -2.00. The number of aryl methyl sites for hydroxylation is 8. The third kappa shape index (κ3) is 12.6. The molecule has 16 rings (SSSR count). The van der Waals surface area contributed by atoms with E-state index in [-0.39, 0.29) is 0 Å². The van der Waals surface area contributed by atoms with E-state index < -0.39 is 0 Å². The van der Waals surface area contributed by atoms with Crippen molar-refractivity contribution in [2.75, 3.05) is 0 Å².